The first-order valence-electron chi connectivity index (χ1n) is 11.2. The molecular weight excluding hydrogens is 442 g/mol. The number of hydrogen-bond donors (Lipinski definition) is 1. The Balaban J connectivity index is 1.79. The summed E-state index contributed by atoms with van der Waals surface area (Å²) in [4.78, 5) is 12.7. The van der Waals surface area contributed by atoms with Crippen LogP contribution < -0.4 is 0 Å². The van der Waals surface area contributed by atoms with Gasteiger partial charge in [0.1, 0.15) is 5.69 Å². The number of hydrogen-bond acceptors (Lipinski definition) is 1. The molecule has 0 unspecified atom stereocenters. The lowest BCUT2D eigenvalue weighted by Crippen LogP contribution is -2.10. The number of carboxylic acids is 1. The molecule has 0 bridgehead atoms. The van der Waals surface area contributed by atoms with Crippen molar-refractivity contribution in [1.82, 2.24) is 4.57 Å². The molecule has 0 aliphatic rings. The molecule has 0 atom stereocenters. The molecule has 1 heterocycles. The van der Waals surface area contributed by atoms with E-state index in [9.17, 15) is 9.90 Å². The first kappa shape index (κ1) is 22.0. The van der Waals surface area contributed by atoms with Crippen molar-refractivity contribution in [2.45, 2.75) is 20.4 Å². The van der Waals surface area contributed by atoms with Gasteiger partial charge in [-0.05, 0) is 60.4 Å². The molecule has 4 heteroatoms. The van der Waals surface area contributed by atoms with Crippen LogP contribution in [0, 0.1) is 13.8 Å². The van der Waals surface area contributed by atoms with Gasteiger partial charge in [0.15, 0.2) is 0 Å². The molecule has 5 aromatic rings. The van der Waals surface area contributed by atoms with Gasteiger partial charge in [-0.15, -0.1) is 0 Å². The third-order valence-electron chi connectivity index (χ3n) is 6.13. The Morgan fingerprint density at radius 3 is 2.09 bits per heavy atom. The molecule has 168 valence electrons. The fourth-order valence-electron chi connectivity index (χ4n) is 4.80. The van der Waals surface area contributed by atoms with Gasteiger partial charge in [0.2, 0.25) is 0 Å². The molecular formula is C30H24ClNO2. The summed E-state index contributed by atoms with van der Waals surface area (Å²) >= 11 is 6.09. The van der Waals surface area contributed by atoms with Crippen LogP contribution in [0.1, 0.15) is 27.2 Å². The van der Waals surface area contributed by atoms with E-state index in [0.717, 1.165) is 49.8 Å². The summed E-state index contributed by atoms with van der Waals surface area (Å²) in [6.07, 6.45) is 0. The quantitative estimate of drug-likeness (QED) is 0.285. The van der Waals surface area contributed by atoms with Gasteiger partial charge in [-0.25, -0.2) is 4.79 Å². The van der Waals surface area contributed by atoms with Crippen LogP contribution in [0.5, 0.6) is 0 Å². The van der Waals surface area contributed by atoms with Gasteiger partial charge in [0.05, 0.1) is 0 Å². The minimum Gasteiger partial charge on any atom is -0.477 e. The van der Waals surface area contributed by atoms with Gasteiger partial charge in [-0.3, -0.25) is 0 Å². The van der Waals surface area contributed by atoms with Gasteiger partial charge in [0.25, 0.3) is 0 Å². The van der Waals surface area contributed by atoms with Crippen LogP contribution in [0.25, 0.3) is 33.2 Å². The number of carbonyl (C=O) groups is 1. The number of aromatic carboxylic acids is 1. The van der Waals surface area contributed by atoms with Crippen molar-refractivity contribution >= 4 is 28.5 Å². The molecule has 0 radical (unpaired) electrons. The second-order valence-electron chi connectivity index (χ2n) is 8.72. The van der Waals surface area contributed by atoms with Crippen molar-refractivity contribution in [2.75, 3.05) is 0 Å². The Labute approximate surface area is 203 Å². The normalized spacial score (nSPS) is 11.1. The Hall–Kier alpha value is -3.82. The summed E-state index contributed by atoms with van der Waals surface area (Å²) in [5, 5.41) is 12.0. The van der Waals surface area contributed by atoms with Crippen molar-refractivity contribution in [1.29, 1.82) is 0 Å². The zero-order chi connectivity index (χ0) is 23.8. The molecule has 5 rings (SSSR count). The number of fused-ring (bicyclic) bond motifs is 1. The number of rotatable bonds is 5. The lowest BCUT2D eigenvalue weighted by atomic mass is 9.98. The van der Waals surface area contributed by atoms with Gasteiger partial charge in [0, 0.05) is 28.0 Å². The number of carboxylic acid groups (broad SMARTS) is 1. The summed E-state index contributed by atoms with van der Waals surface area (Å²) in [6.45, 7) is 4.61. The molecule has 0 fully saturated rings. The molecule has 1 N–H and O–H groups in total. The zero-order valence-electron chi connectivity index (χ0n) is 19.0. The smallest absolute Gasteiger partial charge is 0.353 e. The van der Waals surface area contributed by atoms with E-state index in [4.69, 9.17) is 11.6 Å². The fraction of sp³-hybridized carbons (Fsp3) is 0.100. The molecule has 0 amide bonds. The van der Waals surface area contributed by atoms with Gasteiger partial charge in [-0.2, -0.15) is 0 Å². The second-order valence-corrected chi connectivity index (χ2v) is 9.15. The topological polar surface area (TPSA) is 42.2 Å². The standard InChI is InChI=1S/C30H24ClNO2/c1-19-14-20(2)16-21(15-19)18-32-27-13-10-24(22-8-11-25(31)12-9-22)17-26(27)28(29(32)30(33)34)23-6-4-3-5-7-23/h3-17H,18H2,1-2H3,(H,33,34). The van der Waals surface area contributed by atoms with E-state index in [2.05, 4.69) is 38.1 Å². The van der Waals surface area contributed by atoms with Crippen molar-refractivity contribution in [3.63, 3.8) is 0 Å². The van der Waals surface area contributed by atoms with E-state index in [1.54, 1.807) is 0 Å². The summed E-state index contributed by atoms with van der Waals surface area (Å²) in [7, 11) is 0. The molecule has 0 spiro atoms. The van der Waals surface area contributed by atoms with Crippen LogP contribution in [0.3, 0.4) is 0 Å². The SMILES string of the molecule is Cc1cc(C)cc(Cn2c(C(=O)O)c(-c3ccccc3)c3cc(-c4ccc(Cl)cc4)ccc32)c1. The van der Waals surface area contributed by atoms with Crippen LogP contribution >= 0.6 is 11.6 Å². The molecule has 3 nitrogen and oxygen atoms in total. The first-order valence-corrected chi connectivity index (χ1v) is 11.6. The van der Waals surface area contributed by atoms with E-state index in [1.165, 1.54) is 0 Å². The van der Waals surface area contributed by atoms with Gasteiger partial charge in [-0.1, -0.05) is 89.5 Å². The minimum atomic E-state index is -0.938. The van der Waals surface area contributed by atoms with Crippen LogP contribution in [0.15, 0.2) is 91.0 Å². The highest BCUT2D eigenvalue weighted by molar-refractivity contribution is 6.30. The Morgan fingerprint density at radius 1 is 0.794 bits per heavy atom. The Bertz CT molecular complexity index is 1500. The Kier molecular flexibility index (Phi) is 5.72. The van der Waals surface area contributed by atoms with E-state index in [-0.39, 0.29) is 0 Å². The summed E-state index contributed by atoms with van der Waals surface area (Å²) in [5.74, 6) is -0.938. The monoisotopic (exact) mass is 465 g/mol. The maximum absolute atomic E-state index is 12.7. The summed E-state index contributed by atoms with van der Waals surface area (Å²) in [6, 6.07) is 30.0. The molecule has 0 saturated carbocycles. The fourth-order valence-corrected chi connectivity index (χ4v) is 4.93. The van der Waals surface area contributed by atoms with Crippen molar-refractivity contribution in [2.24, 2.45) is 0 Å². The van der Waals surface area contributed by atoms with Gasteiger partial charge >= 0.3 is 5.97 Å². The maximum atomic E-state index is 12.7. The highest BCUT2D eigenvalue weighted by Crippen LogP contribution is 2.38. The average Bonchev–Trinajstić information content (AvgIpc) is 3.13. The van der Waals surface area contributed by atoms with Crippen LogP contribution in [-0.4, -0.2) is 15.6 Å². The number of benzene rings is 4. The second kappa shape index (κ2) is 8.85. The molecule has 4 aromatic carbocycles. The first-order chi connectivity index (χ1) is 16.4. The number of aromatic nitrogens is 1. The number of nitrogens with zero attached hydrogens (tertiary/aromatic N) is 1. The largest absolute Gasteiger partial charge is 0.477 e. The predicted molar refractivity (Wildman–Crippen MR) is 140 cm³/mol. The zero-order valence-corrected chi connectivity index (χ0v) is 19.8. The van der Waals surface area contributed by atoms with E-state index in [1.807, 2.05) is 71.3 Å². The minimum absolute atomic E-state index is 0.300. The highest BCUT2D eigenvalue weighted by atomic mass is 35.5. The maximum Gasteiger partial charge on any atom is 0.353 e. The van der Waals surface area contributed by atoms with E-state index in [0.29, 0.717) is 17.3 Å². The van der Waals surface area contributed by atoms with Crippen LogP contribution in [-0.2, 0) is 6.54 Å². The number of aryl methyl sites for hydroxylation is 2. The van der Waals surface area contributed by atoms with E-state index < -0.39 is 5.97 Å². The van der Waals surface area contributed by atoms with Crippen LogP contribution in [0.4, 0.5) is 0 Å². The van der Waals surface area contributed by atoms with Crippen molar-refractivity contribution in [3.8, 4) is 22.3 Å². The highest BCUT2D eigenvalue weighted by Gasteiger charge is 2.24. The molecule has 1 aromatic heterocycles. The summed E-state index contributed by atoms with van der Waals surface area (Å²) in [5.41, 5.74) is 8.28. The lowest BCUT2D eigenvalue weighted by molar-refractivity contribution is 0.0687. The lowest BCUT2D eigenvalue weighted by Gasteiger charge is -2.11. The third-order valence-corrected chi connectivity index (χ3v) is 6.38. The van der Waals surface area contributed by atoms with Gasteiger partial charge < -0.3 is 9.67 Å². The predicted octanol–water partition coefficient (Wildman–Crippen LogP) is 7.99. The molecule has 0 aliphatic carbocycles. The summed E-state index contributed by atoms with van der Waals surface area (Å²) < 4.78 is 1.93. The Morgan fingerprint density at radius 2 is 1.44 bits per heavy atom. The van der Waals surface area contributed by atoms with Crippen molar-refractivity contribution in [3.05, 3.63) is 118 Å². The average molecular weight is 466 g/mol. The molecule has 34 heavy (non-hydrogen) atoms. The third kappa shape index (κ3) is 4.11. The number of halogens is 1. The van der Waals surface area contributed by atoms with Crippen molar-refractivity contribution < 1.29 is 9.90 Å². The molecule has 0 aliphatic heterocycles. The van der Waals surface area contributed by atoms with Crippen LogP contribution in [0.2, 0.25) is 5.02 Å². The molecule has 0 saturated heterocycles. The van der Waals surface area contributed by atoms with E-state index >= 15 is 0 Å².